The van der Waals surface area contributed by atoms with Crippen molar-refractivity contribution in [3.63, 3.8) is 0 Å². The number of amides is 1. The molecule has 3 saturated heterocycles. The fourth-order valence-corrected chi connectivity index (χ4v) is 9.94. The standard InChI is InChI=1S/C35H34ClF4N7O3S/c1-16-11-35(7-3-8-46(35)13-16)15-50-34-43-28-25-29(49-9-6-21-33(48)45(2)17(10-22(38)39)14-47(21)32(25)44-34)26(36)24(27(28)40)18-4-5-20(37)30-23(18)19(12-41)31(42)51-30/h4-5,16-17,21-22H,3,6-11,13-15,42H2,1-2H3/t16-,17?,21?,35+/m1/s1. The van der Waals surface area contributed by atoms with Crippen LogP contribution in [0.15, 0.2) is 12.1 Å². The second-order valence-electron chi connectivity index (χ2n) is 14.0. The quantitative estimate of drug-likeness (QED) is 0.218. The predicted molar refractivity (Wildman–Crippen MR) is 186 cm³/mol. The van der Waals surface area contributed by atoms with Crippen molar-refractivity contribution in [3.8, 4) is 29.0 Å². The van der Waals surface area contributed by atoms with E-state index in [0.717, 1.165) is 49.8 Å². The minimum absolute atomic E-state index is 0.00390. The van der Waals surface area contributed by atoms with Crippen LogP contribution in [-0.2, 0) is 4.79 Å². The number of nitrogen functional groups attached to an aromatic ring is 1. The van der Waals surface area contributed by atoms with E-state index in [-0.39, 0.29) is 97.0 Å². The first-order chi connectivity index (χ1) is 24.4. The van der Waals surface area contributed by atoms with E-state index < -0.39 is 42.5 Å². The molecule has 1 amide bonds. The molecule has 2 aromatic heterocycles. The molecule has 0 spiro atoms. The number of nitrogens with zero attached hydrogens (tertiary/aromatic N) is 6. The Morgan fingerprint density at radius 1 is 1.25 bits per heavy atom. The van der Waals surface area contributed by atoms with Crippen LogP contribution in [0.3, 0.4) is 0 Å². The van der Waals surface area contributed by atoms with Crippen molar-refractivity contribution in [1.82, 2.24) is 19.8 Å². The van der Waals surface area contributed by atoms with Crippen LogP contribution in [0.2, 0.25) is 5.02 Å². The highest BCUT2D eigenvalue weighted by Gasteiger charge is 2.48. The summed E-state index contributed by atoms with van der Waals surface area (Å²) in [6, 6.07) is 2.61. The van der Waals surface area contributed by atoms with E-state index in [1.54, 1.807) is 4.90 Å². The number of hydrogen-bond donors (Lipinski definition) is 1. The van der Waals surface area contributed by atoms with Gasteiger partial charge in [-0.1, -0.05) is 24.6 Å². The number of carbonyl (C=O) groups excluding carboxylic acids is 1. The molecule has 3 fully saturated rings. The van der Waals surface area contributed by atoms with Crippen molar-refractivity contribution in [3.05, 3.63) is 34.4 Å². The molecule has 4 aromatic rings. The molecule has 6 heterocycles. The molecule has 4 aliphatic heterocycles. The molecular weight excluding hydrogens is 710 g/mol. The number of rotatable bonds is 6. The van der Waals surface area contributed by atoms with Gasteiger partial charge < -0.3 is 25.0 Å². The summed E-state index contributed by atoms with van der Waals surface area (Å²) in [5.41, 5.74) is 5.51. The molecule has 0 bridgehead atoms. The normalized spacial score (nSPS) is 24.8. The first-order valence-electron chi connectivity index (χ1n) is 16.9. The smallest absolute Gasteiger partial charge is 0.319 e. The zero-order valence-corrected chi connectivity index (χ0v) is 29.4. The summed E-state index contributed by atoms with van der Waals surface area (Å²) in [7, 11) is 1.50. The zero-order valence-electron chi connectivity index (χ0n) is 27.8. The lowest BCUT2D eigenvalue weighted by Gasteiger charge is -2.45. The van der Waals surface area contributed by atoms with Crippen molar-refractivity contribution in [2.24, 2.45) is 5.92 Å². The number of aromatic nitrogens is 2. The van der Waals surface area contributed by atoms with Crippen molar-refractivity contribution in [2.75, 3.05) is 50.5 Å². The summed E-state index contributed by atoms with van der Waals surface area (Å²) < 4.78 is 72.5. The molecule has 51 heavy (non-hydrogen) atoms. The van der Waals surface area contributed by atoms with E-state index >= 15 is 8.78 Å². The number of halogens is 5. The third-order valence-electron chi connectivity index (χ3n) is 10.9. The average molecular weight is 744 g/mol. The van der Waals surface area contributed by atoms with Crippen LogP contribution < -0.4 is 20.1 Å². The van der Waals surface area contributed by atoms with Crippen molar-refractivity contribution >= 4 is 60.7 Å². The van der Waals surface area contributed by atoms with Gasteiger partial charge in [0.05, 0.1) is 38.9 Å². The molecule has 4 aliphatic rings. The number of likely N-dealkylation sites (N-methyl/N-ethyl adjacent to an activating group) is 1. The maximum Gasteiger partial charge on any atom is 0.319 e. The molecule has 2 N–H and O–H groups in total. The SMILES string of the molecule is C[C@H]1CN2CCC[C@@]2(COc2nc3c4c(c(Cl)c(-c5ccc(F)c6sc(N)c(C#N)c56)c(F)c4n2)OCCC2C(=O)N(C)C(CC(F)F)CN32)C1. The average Bonchev–Trinajstić information content (AvgIpc) is 3.73. The number of carbonyl (C=O) groups is 1. The molecule has 2 unspecified atom stereocenters. The molecular formula is C35H34ClF4N7O3S. The number of piperazine rings is 1. The van der Waals surface area contributed by atoms with E-state index in [2.05, 4.69) is 16.8 Å². The van der Waals surface area contributed by atoms with Gasteiger partial charge >= 0.3 is 6.01 Å². The summed E-state index contributed by atoms with van der Waals surface area (Å²) >= 11 is 7.90. The fraction of sp³-hybridized carbons (Fsp3) is 0.486. The third kappa shape index (κ3) is 5.32. The Morgan fingerprint density at radius 3 is 2.82 bits per heavy atom. The molecule has 16 heteroatoms. The first-order valence-corrected chi connectivity index (χ1v) is 18.1. The van der Waals surface area contributed by atoms with Crippen molar-refractivity contribution < 1.29 is 31.8 Å². The highest BCUT2D eigenvalue weighted by Crippen LogP contribution is 2.51. The molecule has 0 radical (unpaired) electrons. The lowest BCUT2D eigenvalue weighted by molar-refractivity contribution is -0.136. The maximum absolute atomic E-state index is 17.3. The summed E-state index contributed by atoms with van der Waals surface area (Å²) in [5.74, 6) is -1.42. The zero-order chi connectivity index (χ0) is 35.9. The van der Waals surface area contributed by atoms with Crippen molar-refractivity contribution in [1.29, 1.82) is 5.26 Å². The summed E-state index contributed by atoms with van der Waals surface area (Å²) in [4.78, 5) is 28.4. The van der Waals surface area contributed by atoms with Gasteiger partial charge in [0.15, 0.2) is 11.6 Å². The Kier molecular flexibility index (Phi) is 8.35. The second kappa shape index (κ2) is 12.5. The van der Waals surface area contributed by atoms with E-state index in [1.807, 2.05) is 6.07 Å². The number of ether oxygens (including phenoxy) is 2. The number of benzene rings is 2. The highest BCUT2D eigenvalue weighted by molar-refractivity contribution is 7.23. The lowest BCUT2D eigenvalue weighted by atomic mass is 9.92. The molecule has 268 valence electrons. The number of alkyl halides is 2. The van der Waals surface area contributed by atoms with E-state index in [4.69, 9.17) is 31.8 Å². The van der Waals surface area contributed by atoms with Crippen LogP contribution in [0.25, 0.3) is 32.1 Å². The molecule has 10 nitrogen and oxygen atoms in total. The maximum atomic E-state index is 17.3. The topological polar surface area (TPSA) is 121 Å². The van der Waals surface area contributed by atoms with Crippen LogP contribution in [0.5, 0.6) is 11.8 Å². The van der Waals surface area contributed by atoms with Gasteiger partial charge in [0.1, 0.15) is 40.9 Å². The Bertz CT molecular complexity index is 2150. The lowest BCUT2D eigenvalue weighted by Crippen LogP contribution is -2.61. The van der Waals surface area contributed by atoms with Gasteiger partial charge in [-0.05, 0) is 43.4 Å². The third-order valence-corrected chi connectivity index (χ3v) is 12.3. The first kappa shape index (κ1) is 34.0. The van der Waals surface area contributed by atoms with Crippen LogP contribution >= 0.6 is 22.9 Å². The molecule has 0 aliphatic carbocycles. The number of fused-ring (bicyclic) bond motifs is 4. The predicted octanol–water partition coefficient (Wildman–Crippen LogP) is 6.60. The number of hydrogen-bond acceptors (Lipinski definition) is 10. The van der Waals surface area contributed by atoms with Crippen LogP contribution in [-0.4, -0.2) is 89.6 Å². The van der Waals surface area contributed by atoms with Gasteiger partial charge in [0.25, 0.3) is 0 Å². The summed E-state index contributed by atoms with van der Waals surface area (Å²) in [6.45, 7) is 4.25. The largest absolute Gasteiger partial charge is 0.491 e. The van der Waals surface area contributed by atoms with Gasteiger partial charge in [-0.15, -0.1) is 11.3 Å². The van der Waals surface area contributed by atoms with E-state index in [0.29, 0.717) is 5.92 Å². The van der Waals surface area contributed by atoms with Crippen LogP contribution in [0.1, 0.15) is 44.6 Å². The Balaban J connectivity index is 1.36. The molecule has 0 saturated carbocycles. The number of thiophene rings is 1. The second-order valence-corrected chi connectivity index (χ2v) is 15.5. The molecule has 4 atom stereocenters. The van der Waals surface area contributed by atoms with Gasteiger partial charge in [-0.2, -0.15) is 15.2 Å². The van der Waals surface area contributed by atoms with Gasteiger partial charge in [0.2, 0.25) is 12.3 Å². The van der Waals surface area contributed by atoms with Gasteiger partial charge in [0, 0.05) is 43.9 Å². The Labute approximate surface area is 299 Å². The van der Waals surface area contributed by atoms with Crippen LogP contribution in [0.4, 0.5) is 28.4 Å². The number of nitriles is 1. The summed E-state index contributed by atoms with van der Waals surface area (Å²) in [5, 5.41) is 9.98. The van der Waals surface area contributed by atoms with Gasteiger partial charge in [-0.3, -0.25) is 9.69 Å². The van der Waals surface area contributed by atoms with Gasteiger partial charge in [-0.25, -0.2) is 17.6 Å². The highest BCUT2D eigenvalue weighted by atomic mass is 35.5. The number of nitrogens with two attached hydrogens (primary N) is 1. The number of anilines is 2. The Morgan fingerprint density at radius 2 is 2.06 bits per heavy atom. The Hall–Kier alpha value is -4.13. The fourth-order valence-electron chi connectivity index (χ4n) is 8.66. The van der Waals surface area contributed by atoms with E-state index in [1.165, 1.54) is 18.0 Å². The summed E-state index contributed by atoms with van der Waals surface area (Å²) in [6.07, 6.45) is -0.258. The van der Waals surface area contributed by atoms with E-state index in [9.17, 15) is 18.8 Å². The minimum Gasteiger partial charge on any atom is -0.491 e. The molecule has 8 rings (SSSR count). The van der Waals surface area contributed by atoms with Crippen molar-refractivity contribution in [2.45, 2.75) is 63.1 Å². The monoisotopic (exact) mass is 743 g/mol. The minimum atomic E-state index is -2.68. The van der Waals surface area contributed by atoms with Crippen LogP contribution in [0, 0.1) is 28.9 Å². The molecule has 2 aromatic carbocycles.